The van der Waals surface area contributed by atoms with Crippen LogP contribution in [0.5, 0.6) is 0 Å². The molecule has 2 heterocycles. The van der Waals surface area contributed by atoms with E-state index in [-0.39, 0.29) is 5.70 Å². The summed E-state index contributed by atoms with van der Waals surface area (Å²) in [5, 5.41) is 17.6. The summed E-state index contributed by atoms with van der Waals surface area (Å²) in [7, 11) is 0. The molecule has 1 unspecified atom stereocenters. The highest BCUT2D eigenvalue weighted by Crippen LogP contribution is 2.45. The maximum absolute atomic E-state index is 12.4. The molecule has 0 spiro atoms. The number of nitrogens with one attached hydrogen (secondary N) is 4. The Bertz CT molecular complexity index is 1330. The number of carbonyl (C=O) groups excluding carboxylic acids is 1. The van der Waals surface area contributed by atoms with E-state index in [1.54, 1.807) is 12.3 Å². The number of amides is 1. The first-order chi connectivity index (χ1) is 17.0. The van der Waals surface area contributed by atoms with Crippen LogP contribution in [0, 0.1) is 5.41 Å². The molecule has 9 heteroatoms. The molecule has 0 saturated carbocycles. The number of rotatable bonds is 8. The van der Waals surface area contributed by atoms with Crippen LogP contribution in [0.25, 0.3) is 0 Å². The van der Waals surface area contributed by atoms with Gasteiger partial charge in [-0.05, 0) is 49.8 Å². The Morgan fingerprint density at radius 1 is 1.26 bits per heavy atom. The maximum Gasteiger partial charge on any atom is 0.267 e. The predicted octanol–water partition coefficient (Wildman–Crippen LogP) is 3.79. The van der Waals surface area contributed by atoms with Gasteiger partial charge in [-0.2, -0.15) is 0 Å². The Balaban J connectivity index is 1.81. The molecule has 178 valence electrons. The fourth-order valence-corrected chi connectivity index (χ4v) is 4.06. The third kappa shape index (κ3) is 4.56. The average Bonchev–Trinajstić information content (AvgIpc) is 3.22. The number of aliphatic imine (C=N–C) groups is 2. The first-order valence-corrected chi connectivity index (χ1v) is 11.3. The number of carbonyl (C=O) groups is 1. The number of fused-ring (bicyclic) bond motifs is 3. The number of benzene rings is 2. The molecule has 0 radical (unpaired) electrons. The van der Waals surface area contributed by atoms with Crippen LogP contribution in [-0.2, 0) is 4.79 Å². The van der Waals surface area contributed by atoms with E-state index in [1.165, 1.54) is 6.21 Å². The van der Waals surface area contributed by atoms with Crippen molar-refractivity contribution in [2.75, 3.05) is 16.4 Å². The minimum Gasteiger partial charge on any atom is -0.398 e. The van der Waals surface area contributed by atoms with Gasteiger partial charge in [0.15, 0.2) is 0 Å². The van der Waals surface area contributed by atoms with E-state index >= 15 is 0 Å². The van der Waals surface area contributed by atoms with Gasteiger partial charge in [0.1, 0.15) is 23.4 Å². The molecule has 0 saturated heterocycles. The number of anilines is 3. The molecule has 1 amide bonds. The second-order valence-corrected chi connectivity index (χ2v) is 7.93. The molecule has 2 aliphatic heterocycles. The Hall–Kier alpha value is -4.66. The van der Waals surface area contributed by atoms with Gasteiger partial charge in [-0.1, -0.05) is 25.1 Å². The molecule has 0 aromatic heterocycles. The van der Waals surface area contributed by atoms with E-state index in [4.69, 9.17) is 21.9 Å². The fraction of sp³-hybridized carbons (Fsp3) is 0.154. The highest BCUT2D eigenvalue weighted by molar-refractivity contribution is 6.10. The molecule has 8 N–H and O–H groups in total. The lowest BCUT2D eigenvalue weighted by molar-refractivity contribution is -0.114. The summed E-state index contributed by atoms with van der Waals surface area (Å²) in [5.41, 5.74) is 16.6. The highest BCUT2D eigenvalue weighted by atomic mass is 16.1. The summed E-state index contributed by atoms with van der Waals surface area (Å²) in [5.74, 6) is 0.541. The number of nitrogens with zero attached hydrogens (tertiary/aromatic N) is 2. The summed E-state index contributed by atoms with van der Waals surface area (Å²) in [6.07, 6.45) is 9.47. The van der Waals surface area contributed by atoms with Gasteiger partial charge in [-0.3, -0.25) is 9.79 Å². The van der Waals surface area contributed by atoms with Crippen molar-refractivity contribution < 1.29 is 4.79 Å². The summed E-state index contributed by atoms with van der Waals surface area (Å²) in [6, 6.07) is 10.6. The SMILES string of the molecule is C\C=C/C=N\C(=C\CC)Nc1ccccc1C1=NC2C(=C(C(N)=O)N1)Nc1ccc(N)c(C=N)c12. The smallest absolute Gasteiger partial charge is 0.267 e. The normalized spacial score (nSPS) is 17.0. The number of amidine groups is 1. The van der Waals surface area contributed by atoms with Gasteiger partial charge in [-0.25, -0.2) is 4.99 Å². The van der Waals surface area contributed by atoms with Crippen LogP contribution in [0.4, 0.5) is 17.1 Å². The average molecular weight is 469 g/mol. The summed E-state index contributed by atoms with van der Waals surface area (Å²) in [4.78, 5) is 21.9. The number of hydrogen-bond donors (Lipinski definition) is 6. The van der Waals surface area contributed by atoms with E-state index in [0.717, 1.165) is 28.9 Å². The Morgan fingerprint density at radius 3 is 2.77 bits per heavy atom. The van der Waals surface area contributed by atoms with Gasteiger partial charge < -0.3 is 32.8 Å². The molecular weight excluding hydrogens is 440 g/mol. The standard InChI is InChI=1S/C26H28N8O/c1-3-5-13-30-20(8-4-2)31-18-10-7-6-9-15(18)26-33-22-21-16(14-27)17(28)11-12-19(21)32-23(22)24(34-26)25(29)35/h3,5-14,22,27,31-32H,4,28H2,1-2H3,(H2,29,35)(H,33,34)/b5-3-,20-8-,27-14?,30-13-. The van der Waals surface area contributed by atoms with Gasteiger partial charge in [-0.15, -0.1) is 0 Å². The topological polar surface area (TPSA) is 154 Å². The van der Waals surface area contributed by atoms with Crippen LogP contribution in [0.2, 0.25) is 0 Å². The predicted molar refractivity (Wildman–Crippen MR) is 143 cm³/mol. The van der Waals surface area contributed by atoms with Crippen molar-refractivity contribution in [1.29, 1.82) is 5.41 Å². The van der Waals surface area contributed by atoms with E-state index in [0.29, 0.717) is 28.6 Å². The minimum absolute atomic E-state index is 0.218. The van der Waals surface area contributed by atoms with Crippen molar-refractivity contribution in [2.24, 2.45) is 15.7 Å². The molecule has 2 aromatic rings. The lowest BCUT2D eigenvalue weighted by Gasteiger charge is -2.24. The van der Waals surface area contributed by atoms with E-state index in [2.05, 4.69) is 20.9 Å². The molecule has 2 aromatic carbocycles. The first-order valence-electron chi connectivity index (χ1n) is 11.3. The molecule has 2 aliphatic rings. The molecule has 9 nitrogen and oxygen atoms in total. The van der Waals surface area contributed by atoms with Crippen LogP contribution >= 0.6 is 0 Å². The van der Waals surface area contributed by atoms with Crippen LogP contribution in [-0.4, -0.2) is 24.2 Å². The number of nitrogen functional groups attached to an aromatic ring is 1. The first kappa shape index (κ1) is 23.5. The Kier molecular flexibility index (Phi) is 6.77. The number of primary amides is 1. The zero-order valence-corrected chi connectivity index (χ0v) is 19.6. The number of para-hydroxylation sites is 1. The zero-order chi connectivity index (χ0) is 24.9. The van der Waals surface area contributed by atoms with Crippen LogP contribution < -0.4 is 27.4 Å². The third-order valence-electron chi connectivity index (χ3n) is 5.63. The molecule has 0 bridgehead atoms. The van der Waals surface area contributed by atoms with E-state index < -0.39 is 11.9 Å². The van der Waals surface area contributed by atoms with Crippen molar-refractivity contribution >= 4 is 41.2 Å². The second kappa shape index (κ2) is 10.1. The second-order valence-electron chi connectivity index (χ2n) is 7.93. The lowest BCUT2D eigenvalue weighted by Crippen LogP contribution is -2.38. The zero-order valence-electron chi connectivity index (χ0n) is 19.6. The fourth-order valence-electron chi connectivity index (χ4n) is 4.06. The van der Waals surface area contributed by atoms with Gasteiger partial charge in [0.25, 0.3) is 5.91 Å². The summed E-state index contributed by atoms with van der Waals surface area (Å²) < 4.78 is 0. The van der Waals surface area contributed by atoms with Crippen molar-refractivity contribution in [3.8, 4) is 0 Å². The van der Waals surface area contributed by atoms with Crippen molar-refractivity contribution in [1.82, 2.24) is 5.32 Å². The lowest BCUT2D eigenvalue weighted by atomic mass is 9.97. The highest BCUT2D eigenvalue weighted by Gasteiger charge is 2.37. The maximum atomic E-state index is 12.4. The number of nitrogens with two attached hydrogens (primary N) is 2. The third-order valence-corrected chi connectivity index (χ3v) is 5.63. The molecule has 35 heavy (non-hydrogen) atoms. The van der Waals surface area contributed by atoms with E-state index in [9.17, 15) is 4.79 Å². The van der Waals surface area contributed by atoms with E-state index in [1.807, 2.05) is 62.4 Å². The largest absolute Gasteiger partial charge is 0.398 e. The molecule has 4 rings (SSSR count). The van der Waals surface area contributed by atoms with Gasteiger partial charge >= 0.3 is 0 Å². The summed E-state index contributed by atoms with van der Waals surface area (Å²) >= 11 is 0. The Morgan fingerprint density at radius 2 is 2.06 bits per heavy atom. The Labute approximate surface area is 203 Å². The quantitative estimate of drug-likeness (QED) is 0.257. The van der Waals surface area contributed by atoms with Crippen LogP contribution in [0.3, 0.4) is 0 Å². The number of hydrogen-bond acceptors (Lipinski definition) is 8. The van der Waals surface area contributed by atoms with Crippen molar-refractivity contribution in [2.45, 2.75) is 26.3 Å². The van der Waals surface area contributed by atoms with Crippen molar-refractivity contribution in [3.05, 3.63) is 88.5 Å². The van der Waals surface area contributed by atoms with Gasteiger partial charge in [0, 0.05) is 40.5 Å². The monoisotopic (exact) mass is 468 g/mol. The molecule has 1 atom stereocenters. The van der Waals surface area contributed by atoms with Crippen LogP contribution in [0.15, 0.2) is 81.8 Å². The molecule has 0 aliphatic carbocycles. The van der Waals surface area contributed by atoms with Crippen molar-refractivity contribution in [3.63, 3.8) is 0 Å². The van der Waals surface area contributed by atoms with Gasteiger partial charge in [0.2, 0.25) is 0 Å². The number of allylic oxidation sites excluding steroid dienone is 3. The molecular formula is C26H28N8O. The summed E-state index contributed by atoms with van der Waals surface area (Å²) in [6.45, 7) is 3.96. The minimum atomic E-state index is -0.616. The molecule has 0 fully saturated rings. The van der Waals surface area contributed by atoms with Crippen LogP contribution in [0.1, 0.15) is 43.0 Å². The van der Waals surface area contributed by atoms with Gasteiger partial charge in [0.05, 0.1) is 11.4 Å².